The Morgan fingerprint density at radius 1 is 1.27 bits per heavy atom. The number of rotatable bonds is 4. The van der Waals surface area contributed by atoms with Crippen molar-refractivity contribution in [1.82, 2.24) is 0 Å². The second kappa shape index (κ2) is 4.24. The Hall–Kier alpha value is -1.01. The lowest BCUT2D eigenvalue weighted by Crippen LogP contribution is -2.34. The molecular weight excluding hydrogens is 236 g/mol. The molecule has 0 aliphatic heterocycles. The third kappa shape index (κ3) is 2.32. The highest BCUT2D eigenvalue weighted by atomic mass is 32.2. The standard InChI is InChI=1S/C9H10O4S2/c1-6(10)9(7(2)11)15(12,13)8-4-3-5-14-8/h3-5,9H,1-2H3. The third-order valence-corrected chi connectivity index (χ3v) is 5.45. The zero-order chi connectivity index (χ0) is 11.6. The number of hydrogen-bond acceptors (Lipinski definition) is 5. The molecule has 0 N–H and O–H groups in total. The Kier molecular flexibility index (Phi) is 3.41. The van der Waals surface area contributed by atoms with Crippen molar-refractivity contribution in [1.29, 1.82) is 0 Å². The highest BCUT2D eigenvalue weighted by Crippen LogP contribution is 2.22. The summed E-state index contributed by atoms with van der Waals surface area (Å²) in [6.45, 7) is 2.22. The molecule has 0 aliphatic rings. The number of ketones is 2. The van der Waals surface area contributed by atoms with Gasteiger partial charge in [0, 0.05) is 0 Å². The zero-order valence-electron chi connectivity index (χ0n) is 8.26. The molecule has 0 aliphatic carbocycles. The molecule has 15 heavy (non-hydrogen) atoms. The molecule has 4 nitrogen and oxygen atoms in total. The van der Waals surface area contributed by atoms with E-state index in [1.807, 2.05) is 0 Å². The van der Waals surface area contributed by atoms with Crippen LogP contribution in [0.3, 0.4) is 0 Å². The molecule has 1 rings (SSSR count). The van der Waals surface area contributed by atoms with Gasteiger partial charge in [0.25, 0.3) is 0 Å². The molecule has 0 bridgehead atoms. The summed E-state index contributed by atoms with van der Waals surface area (Å²) in [5.74, 6) is -1.29. The molecule has 0 spiro atoms. The smallest absolute Gasteiger partial charge is 0.204 e. The first-order valence-corrected chi connectivity index (χ1v) is 6.58. The van der Waals surface area contributed by atoms with Crippen LogP contribution >= 0.6 is 11.3 Å². The normalized spacial score (nSPS) is 11.7. The molecule has 1 aromatic heterocycles. The maximum atomic E-state index is 11.8. The van der Waals surface area contributed by atoms with Crippen LogP contribution in [0.5, 0.6) is 0 Å². The molecule has 0 aromatic carbocycles. The van der Waals surface area contributed by atoms with Gasteiger partial charge < -0.3 is 0 Å². The first kappa shape index (κ1) is 12.1. The van der Waals surface area contributed by atoms with Crippen LogP contribution in [-0.4, -0.2) is 25.2 Å². The first-order valence-electron chi connectivity index (χ1n) is 4.15. The molecule has 0 atom stereocenters. The van der Waals surface area contributed by atoms with E-state index in [9.17, 15) is 18.0 Å². The van der Waals surface area contributed by atoms with Gasteiger partial charge in [-0.3, -0.25) is 9.59 Å². The van der Waals surface area contributed by atoms with Crippen LogP contribution in [0, 0.1) is 0 Å². The predicted octanol–water partition coefficient (Wildman–Crippen LogP) is 1.07. The van der Waals surface area contributed by atoms with Gasteiger partial charge in [-0.05, 0) is 25.3 Å². The van der Waals surface area contributed by atoms with Crippen molar-refractivity contribution in [2.24, 2.45) is 0 Å². The van der Waals surface area contributed by atoms with Gasteiger partial charge in [0.2, 0.25) is 9.84 Å². The van der Waals surface area contributed by atoms with Gasteiger partial charge in [-0.25, -0.2) is 8.42 Å². The summed E-state index contributed by atoms with van der Waals surface area (Å²) in [6.07, 6.45) is 0. The Morgan fingerprint density at radius 3 is 2.13 bits per heavy atom. The topological polar surface area (TPSA) is 68.3 Å². The van der Waals surface area contributed by atoms with Crippen molar-refractivity contribution in [3.05, 3.63) is 17.5 Å². The second-order valence-electron chi connectivity index (χ2n) is 3.08. The third-order valence-electron chi connectivity index (χ3n) is 1.82. The van der Waals surface area contributed by atoms with Gasteiger partial charge in [-0.15, -0.1) is 11.3 Å². The largest absolute Gasteiger partial charge is 0.298 e. The van der Waals surface area contributed by atoms with Crippen LogP contribution < -0.4 is 0 Å². The fourth-order valence-electron chi connectivity index (χ4n) is 1.26. The Bertz CT molecular complexity index is 456. The van der Waals surface area contributed by atoms with E-state index in [1.54, 1.807) is 11.4 Å². The SMILES string of the molecule is CC(=O)C(C(C)=O)S(=O)(=O)c1cccs1. The lowest BCUT2D eigenvalue weighted by atomic mass is 10.2. The first-order chi connectivity index (χ1) is 6.87. The summed E-state index contributed by atoms with van der Waals surface area (Å²) in [6, 6.07) is 2.95. The molecule has 0 amide bonds. The van der Waals surface area contributed by atoms with Crippen molar-refractivity contribution in [3.8, 4) is 0 Å². The minimum Gasteiger partial charge on any atom is -0.298 e. The molecule has 1 aromatic rings. The van der Waals surface area contributed by atoms with E-state index in [-0.39, 0.29) is 4.21 Å². The zero-order valence-corrected chi connectivity index (χ0v) is 9.89. The van der Waals surface area contributed by atoms with E-state index in [1.165, 1.54) is 6.07 Å². The maximum Gasteiger partial charge on any atom is 0.204 e. The van der Waals surface area contributed by atoms with Crippen molar-refractivity contribution in [2.45, 2.75) is 23.3 Å². The molecule has 0 radical (unpaired) electrons. The van der Waals surface area contributed by atoms with Gasteiger partial charge in [-0.2, -0.15) is 0 Å². The summed E-state index contributed by atoms with van der Waals surface area (Å²) < 4.78 is 23.7. The van der Waals surface area contributed by atoms with Crippen molar-refractivity contribution < 1.29 is 18.0 Å². The van der Waals surface area contributed by atoms with Gasteiger partial charge >= 0.3 is 0 Å². The summed E-state index contributed by atoms with van der Waals surface area (Å²) in [5, 5.41) is 0.0284. The number of hydrogen-bond donors (Lipinski definition) is 0. The monoisotopic (exact) mass is 246 g/mol. The summed E-state index contributed by atoms with van der Waals surface area (Å²) >= 11 is 1.00. The molecular formula is C9H10O4S2. The average Bonchev–Trinajstić information content (AvgIpc) is 2.52. The lowest BCUT2D eigenvalue weighted by Gasteiger charge is -2.09. The van der Waals surface area contributed by atoms with Crippen LogP contribution in [0.4, 0.5) is 0 Å². The van der Waals surface area contributed by atoms with Crippen LogP contribution in [0.25, 0.3) is 0 Å². The van der Waals surface area contributed by atoms with Crippen molar-refractivity contribution in [2.75, 3.05) is 0 Å². The van der Waals surface area contributed by atoms with E-state index in [0.717, 1.165) is 25.2 Å². The van der Waals surface area contributed by atoms with Crippen LogP contribution in [0.1, 0.15) is 13.8 Å². The molecule has 0 saturated carbocycles. The summed E-state index contributed by atoms with van der Waals surface area (Å²) in [5.41, 5.74) is 0. The number of sulfone groups is 1. The summed E-state index contributed by atoms with van der Waals surface area (Å²) in [4.78, 5) is 22.3. The van der Waals surface area contributed by atoms with E-state index in [2.05, 4.69) is 0 Å². The molecule has 0 unspecified atom stereocenters. The van der Waals surface area contributed by atoms with Gasteiger partial charge in [-0.1, -0.05) is 6.07 Å². The molecule has 6 heteroatoms. The predicted molar refractivity (Wildman–Crippen MR) is 56.7 cm³/mol. The number of carbonyl (C=O) groups excluding carboxylic acids is 2. The van der Waals surface area contributed by atoms with Crippen LogP contribution in [0.2, 0.25) is 0 Å². The summed E-state index contributed by atoms with van der Waals surface area (Å²) in [7, 11) is -3.84. The second-order valence-corrected chi connectivity index (χ2v) is 6.29. The van der Waals surface area contributed by atoms with Crippen LogP contribution in [0.15, 0.2) is 21.7 Å². The minimum absolute atomic E-state index is 0.0536. The Labute approximate surface area is 91.8 Å². The van der Waals surface area contributed by atoms with E-state index < -0.39 is 26.7 Å². The molecule has 0 saturated heterocycles. The maximum absolute atomic E-state index is 11.8. The minimum atomic E-state index is -3.84. The van der Waals surface area contributed by atoms with Crippen molar-refractivity contribution in [3.63, 3.8) is 0 Å². The fraction of sp³-hybridized carbons (Fsp3) is 0.333. The van der Waals surface area contributed by atoms with Gasteiger partial charge in [0.15, 0.2) is 16.8 Å². The fourth-order valence-corrected chi connectivity index (χ4v) is 4.08. The Balaban J connectivity index is 3.26. The van der Waals surface area contributed by atoms with E-state index in [0.29, 0.717) is 0 Å². The van der Waals surface area contributed by atoms with Gasteiger partial charge in [0.05, 0.1) is 0 Å². The average molecular weight is 246 g/mol. The quantitative estimate of drug-likeness (QED) is 0.745. The number of Topliss-reactive ketones (excluding diaryl/α,β-unsaturated/α-hetero) is 2. The van der Waals surface area contributed by atoms with E-state index >= 15 is 0 Å². The van der Waals surface area contributed by atoms with E-state index in [4.69, 9.17) is 0 Å². The number of carbonyl (C=O) groups is 2. The van der Waals surface area contributed by atoms with Crippen LogP contribution in [-0.2, 0) is 19.4 Å². The molecule has 1 heterocycles. The number of thiophene rings is 1. The molecule has 82 valence electrons. The molecule has 0 fully saturated rings. The van der Waals surface area contributed by atoms with Gasteiger partial charge in [0.1, 0.15) is 4.21 Å². The Morgan fingerprint density at radius 2 is 1.80 bits per heavy atom. The highest BCUT2D eigenvalue weighted by molar-refractivity contribution is 7.95. The van der Waals surface area contributed by atoms with Crippen molar-refractivity contribution >= 4 is 32.7 Å². The highest BCUT2D eigenvalue weighted by Gasteiger charge is 2.35. The lowest BCUT2D eigenvalue weighted by molar-refractivity contribution is -0.124.